The Hall–Kier alpha value is -1.71. The van der Waals surface area contributed by atoms with E-state index in [0.717, 1.165) is 18.4 Å². The maximum Gasteiger partial charge on any atom is 0.128 e. The summed E-state index contributed by atoms with van der Waals surface area (Å²) >= 11 is 0. The molecule has 0 saturated heterocycles. The summed E-state index contributed by atoms with van der Waals surface area (Å²) in [6.07, 6.45) is 2.04. The number of hydrogen-bond donors (Lipinski definition) is 2. The van der Waals surface area contributed by atoms with Gasteiger partial charge in [-0.3, -0.25) is 11.3 Å². The third kappa shape index (κ3) is 2.23. The zero-order valence-electron chi connectivity index (χ0n) is 11.6. The van der Waals surface area contributed by atoms with Crippen LogP contribution in [0.15, 0.2) is 42.5 Å². The number of nitrogens with two attached hydrogens (primary N) is 1. The maximum absolute atomic E-state index is 14.1. The summed E-state index contributed by atoms with van der Waals surface area (Å²) in [6.45, 7) is 1.97. The number of aryl methyl sites for hydroxylation is 2. The third-order valence-electron chi connectivity index (χ3n) is 4.25. The monoisotopic (exact) mass is 270 g/mol. The van der Waals surface area contributed by atoms with E-state index in [9.17, 15) is 4.39 Å². The SMILES string of the molecule is Cc1ccc(F)c(C(NN)C2CCc3ccccc32)c1. The Balaban J connectivity index is 2.01. The van der Waals surface area contributed by atoms with Crippen LogP contribution in [0.5, 0.6) is 0 Å². The number of nitrogens with one attached hydrogen (secondary N) is 1. The molecule has 2 unspecified atom stereocenters. The van der Waals surface area contributed by atoms with Crippen molar-refractivity contribution >= 4 is 0 Å². The van der Waals surface area contributed by atoms with Crippen molar-refractivity contribution in [3.63, 3.8) is 0 Å². The zero-order chi connectivity index (χ0) is 14.1. The largest absolute Gasteiger partial charge is 0.271 e. The van der Waals surface area contributed by atoms with Gasteiger partial charge >= 0.3 is 0 Å². The highest BCUT2D eigenvalue weighted by Crippen LogP contribution is 2.41. The normalized spacial score (nSPS) is 18.9. The van der Waals surface area contributed by atoms with Crippen LogP contribution in [0, 0.1) is 12.7 Å². The first kappa shape index (κ1) is 13.3. The molecule has 20 heavy (non-hydrogen) atoms. The summed E-state index contributed by atoms with van der Waals surface area (Å²) in [5.41, 5.74) is 7.18. The molecule has 0 aliphatic heterocycles. The molecule has 1 aliphatic rings. The van der Waals surface area contributed by atoms with Gasteiger partial charge in [-0.1, -0.05) is 42.0 Å². The van der Waals surface area contributed by atoms with E-state index in [1.54, 1.807) is 6.07 Å². The van der Waals surface area contributed by atoms with Crippen molar-refractivity contribution in [1.29, 1.82) is 0 Å². The van der Waals surface area contributed by atoms with Crippen LogP contribution in [0.3, 0.4) is 0 Å². The van der Waals surface area contributed by atoms with Gasteiger partial charge in [0, 0.05) is 11.5 Å². The molecule has 3 rings (SSSR count). The highest BCUT2D eigenvalue weighted by Gasteiger charge is 2.31. The lowest BCUT2D eigenvalue weighted by atomic mass is 9.88. The average molecular weight is 270 g/mol. The van der Waals surface area contributed by atoms with Crippen molar-refractivity contribution < 1.29 is 4.39 Å². The van der Waals surface area contributed by atoms with Gasteiger partial charge in [-0.2, -0.15) is 0 Å². The van der Waals surface area contributed by atoms with Crippen LogP contribution in [-0.2, 0) is 6.42 Å². The molecule has 0 bridgehead atoms. The Morgan fingerprint density at radius 3 is 2.85 bits per heavy atom. The second-order valence-corrected chi connectivity index (χ2v) is 5.51. The Morgan fingerprint density at radius 2 is 2.05 bits per heavy atom. The van der Waals surface area contributed by atoms with E-state index in [0.29, 0.717) is 5.56 Å². The average Bonchev–Trinajstić information content (AvgIpc) is 2.88. The second-order valence-electron chi connectivity index (χ2n) is 5.51. The van der Waals surface area contributed by atoms with E-state index in [4.69, 9.17) is 5.84 Å². The molecule has 2 atom stereocenters. The Bertz CT molecular complexity index is 624. The van der Waals surface area contributed by atoms with Crippen LogP contribution in [0.4, 0.5) is 4.39 Å². The fourth-order valence-corrected chi connectivity index (χ4v) is 3.26. The predicted molar refractivity (Wildman–Crippen MR) is 78.7 cm³/mol. The van der Waals surface area contributed by atoms with E-state index >= 15 is 0 Å². The summed E-state index contributed by atoms with van der Waals surface area (Å²) in [4.78, 5) is 0. The molecular weight excluding hydrogens is 251 g/mol. The number of halogens is 1. The van der Waals surface area contributed by atoms with Crippen molar-refractivity contribution in [1.82, 2.24) is 5.43 Å². The molecule has 0 heterocycles. The quantitative estimate of drug-likeness (QED) is 0.663. The third-order valence-corrected chi connectivity index (χ3v) is 4.25. The lowest BCUT2D eigenvalue weighted by Crippen LogP contribution is -2.32. The fourth-order valence-electron chi connectivity index (χ4n) is 3.26. The van der Waals surface area contributed by atoms with Crippen LogP contribution >= 0.6 is 0 Å². The van der Waals surface area contributed by atoms with Gasteiger partial charge in [0.05, 0.1) is 6.04 Å². The summed E-state index contributed by atoms with van der Waals surface area (Å²) in [6, 6.07) is 13.4. The lowest BCUT2D eigenvalue weighted by Gasteiger charge is -2.25. The highest BCUT2D eigenvalue weighted by atomic mass is 19.1. The molecule has 104 valence electrons. The molecule has 0 saturated carbocycles. The highest BCUT2D eigenvalue weighted by molar-refractivity contribution is 5.39. The molecule has 0 aromatic heterocycles. The molecule has 0 fully saturated rings. The van der Waals surface area contributed by atoms with Gasteiger partial charge in [0.25, 0.3) is 0 Å². The van der Waals surface area contributed by atoms with E-state index < -0.39 is 0 Å². The van der Waals surface area contributed by atoms with Gasteiger partial charge in [0.15, 0.2) is 0 Å². The van der Waals surface area contributed by atoms with Crippen LogP contribution in [0.2, 0.25) is 0 Å². The molecule has 2 nitrogen and oxygen atoms in total. The summed E-state index contributed by atoms with van der Waals surface area (Å²) < 4.78 is 14.1. The Labute approximate surface area is 118 Å². The van der Waals surface area contributed by atoms with E-state index in [1.807, 2.05) is 19.1 Å². The van der Waals surface area contributed by atoms with Crippen LogP contribution in [-0.4, -0.2) is 0 Å². The molecule has 1 aliphatic carbocycles. The van der Waals surface area contributed by atoms with Gasteiger partial charge in [0.1, 0.15) is 5.82 Å². The molecule has 3 heteroatoms. The second kappa shape index (κ2) is 5.35. The van der Waals surface area contributed by atoms with Crippen molar-refractivity contribution in [3.8, 4) is 0 Å². The molecular formula is C17H19FN2. The number of hydrazine groups is 1. The van der Waals surface area contributed by atoms with Gasteiger partial charge in [-0.05, 0) is 37.0 Å². The first-order valence-corrected chi connectivity index (χ1v) is 7.00. The summed E-state index contributed by atoms with van der Waals surface area (Å²) in [5.74, 6) is 5.78. The maximum atomic E-state index is 14.1. The van der Waals surface area contributed by atoms with Gasteiger partial charge in [0.2, 0.25) is 0 Å². The van der Waals surface area contributed by atoms with Crippen molar-refractivity contribution in [3.05, 3.63) is 70.5 Å². The van der Waals surface area contributed by atoms with Gasteiger partial charge in [-0.25, -0.2) is 4.39 Å². The number of hydrogen-bond acceptors (Lipinski definition) is 2. The fraction of sp³-hybridized carbons (Fsp3) is 0.294. The van der Waals surface area contributed by atoms with E-state index in [-0.39, 0.29) is 17.8 Å². The van der Waals surface area contributed by atoms with Crippen LogP contribution in [0.25, 0.3) is 0 Å². The smallest absolute Gasteiger partial charge is 0.128 e. The molecule has 0 amide bonds. The first-order chi connectivity index (χ1) is 9.70. The molecule has 3 N–H and O–H groups in total. The molecule has 2 aromatic rings. The standard InChI is InChI=1S/C17H19FN2/c1-11-6-9-16(18)15(10-11)17(20-19)14-8-7-12-4-2-3-5-13(12)14/h2-6,9-10,14,17,20H,7-8,19H2,1H3. The minimum atomic E-state index is -0.192. The number of rotatable bonds is 3. The van der Waals surface area contributed by atoms with Gasteiger partial charge < -0.3 is 0 Å². The zero-order valence-corrected chi connectivity index (χ0v) is 11.6. The van der Waals surface area contributed by atoms with Gasteiger partial charge in [-0.15, -0.1) is 0 Å². The Morgan fingerprint density at radius 1 is 1.25 bits per heavy atom. The summed E-state index contributed by atoms with van der Waals surface area (Å²) in [7, 11) is 0. The molecule has 0 spiro atoms. The molecule has 0 radical (unpaired) electrons. The summed E-state index contributed by atoms with van der Waals surface area (Å²) in [5, 5.41) is 0. The minimum Gasteiger partial charge on any atom is -0.271 e. The predicted octanol–water partition coefficient (Wildman–Crippen LogP) is 3.37. The van der Waals surface area contributed by atoms with Crippen molar-refractivity contribution in [2.24, 2.45) is 5.84 Å². The van der Waals surface area contributed by atoms with Crippen molar-refractivity contribution in [2.75, 3.05) is 0 Å². The number of benzene rings is 2. The van der Waals surface area contributed by atoms with Crippen molar-refractivity contribution in [2.45, 2.75) is 31.7 Å². The topological polar surface area (TPSA) is 38.0 Å². The van der Waals surface area contributed by atoms with E-state index in [1.165, 1.54) is 17.2 Å². The van der Waals surface area contributed by atoms with Crippen LogP contribution < -0.4 is 11.3 Å². The lowest BCUT2D eigenvalue weighted by molar-refractivity contribution is 0.433. The molecule has 2 aromatic carbocycles. The Kier molecular flexibility index (Phi) is 3.55. The first-order valence-electron chi connectivity index (χ1n) is 7.00. The number of fused-ring (bicyclic) bond motifs is 1. The van der Waals surface area contributed by atoms with Crippen LogP contribution in [0.1, 0.15) is 40.6 Å². The van der Waals surface area contributed by atoms with E-state index in [2.05, 4.69) is 23.6 Å². The minimum absolute atomic E-state index is 0.182.